The molecule has 0 saturated carbocycles. The van der Waals surface area contributed by atoms with Gasteiger partial charge in [-0.2, -0.15) is 0 Å². The summed E-state index contributed by atoms with van der Waals surface area (Å²) < 4.78 is 1.09. The van der Waals surface area contributed by atoms with Crippen molar-refractivity contribution in [3.8, 4) is 0 Å². The Morgan fingerprint density at radius 2 is 2.06 bits per heavy atom. The van der Waals surface area contributed by atoms with Gasteiger partial charge in [-0.25, -0.2) is 0 Å². The summed E-state index contributed by atoms with van der Waals surface area (Å²) in [5.41, 5.74) is 9.38. The lowest BCUT2D eigenvalue weighted by Gasteiger charge is -2.17. The molecule has 0 atom stereocenters. The van der Waals surface area contributed by atoms with Crippen LogP contribution in [0.5, 0.6) is 0 Å². The van der Waals surface area contributed by atoms with Crippen molar-refractivity contribution in [3.63, 3.8) is 0 Å². The van der Waals surface area contributed by atoms with E-state index in [1.807, 2.05) is 13.8 Å². The average molecular weight is 281 g/mol. The summed E-state index contributed by atoms with van der Waals surface area (Å²) in [6.07, 6.45) is 1.02. The first-order valence-electron chi connectivity index (χ1n) is 5.53. The predicted octanol–water partition coefficient (Wildman–Crippen LogP) is 3.69. The molecule has 3 heteroatoms. The second kappa shape index (κ2) is 3.90. The van der Waals surface area contributed by atoms with E-state index in [2.05, 4.69) is 46.0 Å². The topological polar surface area (TPSA) is 41.8 Å². The molecule has 2 aromatic rings. The number of aryl methyl sites for hydroxylation is 1. The zero-order valence-corrected chi connectivity index (χ0v) is 11.5. The summed E-state index contributed by atoms with van der Waals surface area (Å²) in [4.78, 5) is 3.45. The molecule has 1 heterocycles. The Morgan fingerprint density at radius 3 is 2.62 bits per heavy atom. The molecule has 0 fully saturated rings. The Labute approximate surface area is 104 Å². The summed E-state index contributed by atoms with van der Waals surface area (Å²) in [6, 6.07) is 6.36. The van der Waals surface area contributed by atoms with Crippen LogP contribution in [0, 0.1) is 0 Å². The SMILES string of the molecule is CCc1cccc2c(Br)c(C(C)(C)N)[nH]c12. The molecular weight excluding hydrogens is 264 g/mol. The molecule has 0 unspecified atom stereocenters. The van der Waals surface area contributed by atoms with Gasteiger partial charge in [-0.3, -0.25) is 0 Å². The van der Waals surface area contributed by atoms with Gasteiger partial charge in [0.25, 0.3) is 0 Å². The van der Waals surface area contributed by atoms with E-state index >= 15 is 0 Å². The molecule has 0 amide bonds. The molecule has 1 aromatic carbocycles. The zero-order valence-electron chi connectivity index (χ0n) is 9.89. The molecule has 0 aliphatic carbocycles. The van der Waals surface area contributed by atoms with E-state index in [-0.39, 0.29) is 5.54 Å². The van der Waals surface area contributed by atoms with Crippen molar-refractivity contribution in [2.45, 2.75) is 32.7 Å². The van der Waals surface area contributed by atoms with Crippen molar-refractivity contribution in [2.24, 2.45) is 5.73 Å². The third-order valence-corrected chi connectivity index (χ3v) is 3.71. The van der Waals surface area contributed by atoms with Gasteiger partial charge >= 0.3 is 0 Å². The zero-order chi connectivity index (χ0) is 11.9. The molecule has 0 saturated heterocycles. The van der Waals surface area contributed by atoms with E-state index in [0.717, 1.165) is 16.6 Å². The summed E-state index contributed by atoms with van der Waals surface area (Å²) >= 11 is 3.64. The number of benzene rings is 1. The van der Waals surface area contributed by atoms with Crippen LogP contribution in [0.25, 0.3) is 10.9 Å². The number of H-pyrrole nitrogens is 1. The smallest absolute Gasteiger partial charge is 0.0516 e. The van der Waals surface area contributed by atoms with E-state index in [4.69, 9.17) is 5.73 Å². The maximum Gasteiger partial charge on any atom is 0.0516 e. The maximum absolute atomic E-state index is 6.15. The predicted molar refractivity (Wildman–Crippen MR) is 72.6 cm³/mol. The molecule has 86 valence electrons. The van der Waals surface area contributed by atoms with Crippen molar-refractivity contribution in [1.29, 1.82) is 0 Å². The molecule has 0 radical (unpaired) electrons. The first-order valence-corrected chi connectivity index (χ1v) is 6.33. The molecule has 1 aromatic heterocycles. The van der Waals surface area contributed by atoms with Crippen LogP contribution in [0.3, 0.4) is 0 Å². The lowest BCUT2D eigenvalue weighted by atomic mass is 10.0. The molecule has 0 aliphatic heterocycles. The molecule has 3 N–H and O–H groups in total. The Balaban J connectivity index is 2.77. The number of nitrogens with one attached hydrogen (secondary N) is 1. The van der Waals surface area contributed by atoms with Crippen LogP contribution in [0.2, 0.25) is 0 Å². The lowest BCUT2D eigenvalue weighted by Crippen LogP contribution is -2.29. The van der Waals surface area contributed by atoms with E-state index in [9.17, 15) is 0 Å². The van der Waals surface area contributed by atoms with E-state index in [1.54, 1.807) is 0 Å². The fraction of sp³-hybridized carbons (Fsp3) is 0.385. The number of hydrogen-bond donors (Lipinski definition) is 2. The molecule has 16 heavy (non-hydrogen) atoms. The second-order valence-corrected chi connectivity index (χ2v) is 5.52. The second-order valence-electron chi connectivity index (χ2n) is 4.73. The van der Waals surface area contributed by atoms with Crippen molar-refractivity contribution in [2.75, 3.05) is 0 Å². The van der Waals surface area contributed by atoms with Crippen molar-refractivity contribution < 1.29 is 0 Å². The third kappa shape index (κ3) is 1.78. The van der Waals surface area contributed by atoms with Gasteiger partial charge in [0, 0.05) is 15.6 Å². The number of nitrogens with two attached hydrogens (primary N) is 1. The minimum Gasteiger partial charge on any atom is -0.356 e. The molecule has 2 nitrogen and oxygen atoms in total. The van der Waals surface area contributed by atoms with Crippen LogP contribution >= 0.6 is 15.9 Å². The van der Waals surface area contributed by atoms with Crippen molar-refractivity contribution in [3.05, 3.63) is 33.9 Å². The quantitative estimate of drug-likeness (QED) is 0.866. The highest BCUT2D eigenvalue weighted by atomic mass is 79.9. The molecule has 0 spiro atoms. The molecular formula is C13H17BrN2. The van der Waals surface area contributed by atoms with E-state index in [1.165, 1.54) is 16.5 Å². The standard InChI is InChI=1S/C13H17BrN2/c1-4-8-6-5-7-9-10(14)12(13(2,3)15)16-11(8)9/h5-7,16H,4,15H2,1-3H3. The minimum absolute atomic E-state index is 0.358. The number of para-hydroxylation sites is 1. The number of aromatic nitrogens is 1. The fourth-order valence-electron chi connectivity index (χ4n) is 1.98. The summed E-state index contributed by atoms with van der Waals surface area (Å²) in [7, 11) is 0. The normalized spacial score (nSPS) is 12.3. The Kier molecular flexibility index (Phi) is 2.84. The highest BCUT2D eigenvalue weighted by molar-refractivity contribution is 9.10. The monoisotopic (exact) mass is 280 g/mol. The fourth-order valence-corrected chi connectivity index (χ4v) is 2.92. The van der Waals surface area contributed by atoms with Crippen LogP contribution in [-0.4, -0.2) is 4.98 Å². The Bertz CT molecular complexity index is 520. The van der Waals surface area contributed by atoms with Crippen molar-refractivity contribution in [1.82, 2.24) is 4.98 Å². The van der Waals surface area contributed by atoms with E-state index < -0.39 is 0 Å². The minimum atomic E-state index is -0.358. The van der Waals surface area contributed by atoms with Crippen LogP contribution in [0.4, 0.5) is 0 Å². The van der Waals surface area contributed by atoms with E-state index in [0.29, 0.717) is 0 Å². The van der Waals surface area contributed by atoms with Gasteiger partial charge in [-0.05, 0) is 41.8 Å². The van der Waals surface area contributed by atoms with Gasteiger partial charge < -0.3 is 10.7 Å². The lowest BCUT2D eigenvalue weighted by molar-refractivity contribution is 0.537. The van der Waals surface area contributed by atoms with Gasteiger partial charge in [0.2, 0.25) is 0 Å². The molecule has 0 bridgehead atoms. The number of rotatable bonds is 2. The molecule has 2 rings (SSSR count). The number of fused-ring (bicyclic) bond motifs is 1. The number of hydrogen-bond acceptors (Lipinski definition) is 1. The highest BCUT2D eigenvalue weighted by Gasteiger charge is 2.22. The van der Waals surface area contributed by atoms with Gasteiger partial charge in [0.05, 0.1) is 11.1 Å². The average Bonchev–Trinajstić information content (AvgIpc) is 2.56. The van der Waals surface area contributed by atoms with Gasteiger partial charge in [0.1, 0.15) is 0 Å². The summed E-state index contributed by atoms with van der Waals surface area (Å²) in [5, 5.41) is 1.22. The Hall–Kier alpha value is -0.800. The van der Waals surface area contributed by atoms with Gasteiger partial charge in [-0.1, -0.05) is 25.1 Å². The van der Waals surface area contributed by atoms with Gasteiger partial charge in [0.15, 0.2) is 0 Å². The van der Waals surface area contributed by atoms with Crippen LogP contribution < -0.4 is 5.73 Å². The number of halogens is 1. The first-order chi connectivity index (χ1) is 7.45. The first kappa shape index (κ1) is 11.7. The van der Waals surface area contributed by atoms with Crippen LogP contribution in [0.15, 0.2) is 22.7 Å². The number of aromatic amines is 1. The van der Waals surface area contributed by atoms with Crippen LogP contribution in [-0.2, 0) is 12.0 Å². The maximum atomic E-state index is 6.15. The van der Waals surface area contributed by atoms with Gasteiger partial charge in [-0.15, -0.1) is 0 Å². The summed E-state index contributed by atoms with van der Waals surface area (Å²) in [5.74, 6) is 0. The highest BCUT2D eigenvalue weighted by Crippen LogP contribution is 2.34. The van der Waals surface area contributed by atoms with Crippen molar-refractivity contribution >= 4 is 26.8 Å². The largest absolute Gasteiger partial charge is 0.356 e. The molecule has 0 aliphatic rings. The Morgan fingerprint density at radius 1 is 1.38 bits per heavy atom. The van der Waals surface area contributed by atoms with Crippen LogP contribution in [0.1, 0.15) is 32.0 Å². The third-order valence-electron chi connectivity index (χ3n) is 2.88. The summed E-state index contributed by atoms with van der Waals surface area (Å²) in [6.45, 7) is 6.18.